The van der Waals surface area contributed by atoms with Crippen molar-refractivity contribution in [2.75, 3.05) is 19.6 Å². The predicted molar refractivity (Wildman–Crippen MR) is 58.1 cm³/mol. The molecule has 0 amide bonds. The Morgan fingerprint density at radius 3 is 2.00 bits per heavy atom. The zero-order valence-electron chi connectivity index (χ0n) is 9.37. The lowest BCUT2D eigenvalue weighted by atomic mass is 10.1. The van der Waals surface area contributed by atoms with Crippen LogP contribution in [0.3, 0.4) is 0 Å². The van der Waals surface area contributed by atoms with E-state index >= 15 is 0 Å². The van der Waals surface area contributed by atoms with E-state index in [1.54, 1.807) is 27.7 Å². The molecule has 5 nitrogen and oxygen atoms in total. The van der Waals surface area contributed by atoms with Gasteiger partial charge in [-0.2, -0.15) is 12.7 Å². The predicted octanol–water partition coefficient (Wildman–Crippen LogP) is -0.100. The van der Waals surface area contributed by atoms with Crippen molar-refractivity contribution in [2.45, 2.75) is 33.2 Å². The minimum absolute atomic E-state index is 0.242. The second-order valence-electron chi connectivity index (χ2n) is 3.90. The average molecular weight is 223 g/mol. The minimum atomic E-state index is -3.35. The third-order valence-electron chi connectivity index (χ3n) is 1.76. The topological polar surface area (TPSA) is 75.4 Å². The van der Waals surface area contributed by atoms with Gasteiger partial charge in [0.2, 0.25) is 0 Å². The van der Waals surface area contributed by atoms with Gasteiger partial charge in [-0.3, -0.25) is 0 Å². The van der Waals surface area contributed by atoms with E-state index in [4.69, 9.17) is 5.73 Å². The van der Waals surface area contributed by atoms with Crippen LogP contribution in [0.25, 0.3) is 0 Å². The van der Waals surface area contributed by atoms with Gasteiger partial charge in [-0.15, -0.1) is 0 Å². The van der Waals surface area contributed by atoms with E-state index in [0.717, 1.165) is 0 Å². The van der Waals surface area contributed by atoms with Crippen LogP contribution in [0.5, 0.6) is 0 Å². The van der Waals surface area contributed by atoms with E-state index in [1.807, 2.05) is 0 Å². The highest BCUT2D eigenvalue weighted by Gasteiger charge is 2.21. The lowest BCUT2D eigenvalue weighted by Crippen LogP contribution is -2.49. The average Bonchev–Trinajstić information content (AvgIpc) is 2.02. The van der Waals surface area contributed by atoms with Crippen LogP contribution in [0.2, 0.25) is 0 Å². The van der Waals surface area contributed by atoms with E-state index in [1.165, 1.54) is 4.31 Å². The summed E-state index contributed by atoms with van der Waals surface area (Å²) in [7, 11) is -3.35. The second kappa shape index (κ2) is 5.06. The molecule has 0 spiro atoms. The van der Waals surface area contributed by atoms with Crippen LogP contribution in [0.15, 0.2) is 0 Å². The third kappa shape index (κ3) is 4.90. The molecule has 0 aliphatic heterocycles. The fraction of sp³-hybridized carbons (Fsp3) is 1.00. The van der Waals surface area contributed by atoms with Gasteiger partial charge in [-0.05, 0) is 13.8 Å². The monoisotopic (exact) mass is 223 g/mol. The summed E-state index contributed by atoms with van der Waals surface area (Å²) in [6.07, 6.45) is 0. The van der Waals surface area contributed by atoms with E-state index in [-0.39, 0.29) is 6.54 Å². The molecule has 0 aromatic rings. The number of nitrogens with two attached hydrogens (primary N) is 1. The molecular formula is C8H21N3O2S. The molecular weight excluding hydrogens is 202 g/mol. The van der Waals surface area contributed by atoms with Crippen molar-refractivity contribution in [2.24, 2.45) is 5.73 Å². The summed E-state index contributed by atoms with van der Waals surface area (Å²) in [5.74, 6) is 0. The molecule has 6 heteroatoms. The van der Waals surface area contributed by atoms with E-state index in [2.05, 4.69) is 4.72 Å². The Morgan fingerprint density at radius 1 is 1.29 bits per heavy atom. The Kier molecular flexibility index (Phi) is 5.00. The van der Waals surface area contributed by atoms with E-state index in [9.17, 15) is 8.42 Å². The second-order valence-corrected chi connectivity index (χ2v) is 5.65. The van der Waals surface area contributed by atoms with Gasteiger partial charge in [0.1, 0.15) is 0 Å². The molecule has 0 saturated heterocycles. The molecule has 0 aromatic heterocycles. The van der Waals surface area contributed by atoms with Gasteiger partial charge in [0.05, 0.1) is 0 Å². The van der Waals surface area contributed by atoms with Gasteiger partial charge in [0, 0.05) is 25.2 Å². The van der Waals surface area contributed by atoms with Gasteiger partial charge < -0.3 is 5.73 Å². The van der Waals surface area contributed by atoms with Crippen molar-refractivity contribution >= 4 is 10.2 Å². The fourth-order valence-electron chi connectivity index (χ4n) is 0.932. The first-order valence-corrected chi connectivity index (χ1v) is 6.20. The molecule has 3 N–H and O–H groups in total. The first kappa shape index (κ1) is 13.8. The maximum Gasteiger partial charge on any atom is 0.279 e. The molecule has 0 aromatic carbocycles. The molecule has 0 heterocycles. The van der Waals surface area contributed by atoms with E-state index in [0.29, 0.717) is 13.1 Å². The maximum absolute atomic E-state index is 11.6. The van der Waals surface area contributed by atoms with Crippen LogP contribution >= 0.6 is 0 Å². The highest BCUT2D eigenvalue weighted by Crippen LogP contribution is 1.99. The highest BCUT2D eigenvalue weighted by atomic mass is 32.2. The molecule has 0 unspecified atom stereocenters. The van der Waals surface area contributed by atoms with Crippen LogP contribution in [0, 0.1) is 0 Å². The lowest BCUT2D eigenvalue weighted by molar-refractivity contribution is 0.422. The number of nitrogens with zero attached hydrogens (tertiary/aromatic N) is 1. The summed E-state index contributed by atoms with van der Waals surface area (Å²) in [5, 5.41) is 0. The molecule has 0 rings (SSSR count). The number of hydrogen-bond donors (Lipinski definition) is 2. The summed E-state index contributed by atoms with van der Waals surface area (Å²) < 4.78 is 27.0. The minimum Gasteiger partial charge on any atom is -0.324 e. The molecule has 0 radical (unpaired) electrons. The Labute approximate surface area is 86.8 Å². The van der Waals surface area contributed by atoms with Crippen molar-refractivity contribution < 1.29 is 8.42 Å². The van der Waals surface area contributed by atoms with Crippen LogP contribution < -0.4 is 10.5 Å². The van der Waals surface area contributed by atoms with Gasteiger partial charge in [-0.25, -0.2) is 4.72 Å². The lowest BCUT2D eigenvalue weighted by Gasteiger charge is -2.23. The van der Waals surface area contributed by atoms with Crippen molar-refractivity contribution in [3.8, 4) is 0 Å². The van der Waals surface area contributed by atoms with Gasteiger partial charge >= 0.3 is 0 Å². The summed E-state index contributed by atoms with van der Waals surface area (Å²) in [6, 6.07) is 0. The van der Waals surface area contributed by atoms with Gasteiger partial charge in [-0.1, -0.05) is 13.8 Å². The van der Waals surface area contributed by atoms with Crippen LogP contribution in [0.4, 0.5) is 0 Å². The molecule has 0 saturated carbocycles. The summed E-state index contributed by atoms with van der Waals surface area (Å²) in [5.41, 5.74) is 5.15. The molecule has 86 valence electrons. The van der Waals surface area contributed by atoms with Crippen LogP contribution in [-0.4, -0.2) is 37.9 Å². The number of hydrogen-bond acceptors (Lipinski definition) is 3. The first-order valence-electron chi connectivity index (χ1n) is 4.76. The molecule has 0 aliphatic rings. The molecule has 0 fully saturated rings. The highest BCUT2D eigenvalue weighted by molar-refractivity contribution is 7.87. The molecule has 14 heavy (non-hydrogen) atoms. The van der Waals surface area contributed by atoms with Gasteiger partial charge in [0.25, 0.3) is 10.2 Å². The third-order valence-corrected chi connectivity index (χ3v) is 3.46. The quantitative estimate of drug-likeness (QED) is 0.660. The normalized spacial score (nSPS) is 13.6. The smallest absolute Gasteiger partial charge is 0.279 e. The van der Waals surface area contributed by atoms with E-state index < -0.39 is 15.7 Å². The largest absolute Gasteiger partial charge is 0.324 e. The zero-order chi connectivity index (χ0) is 11.4. The standard InChI is InChI=1S/C8H21N3O2S/c1-5-11(6-2)14(12,13)10-7-8(3,4)9/h10H,5-7,9H2,1-4H3. The van der Waals surface area contributed by atoms with Crippen molar-refractivity contribution in [1.82, 2.24) is 9.03 Å². The maximum atomic E-state index is 11.6. The molecule has 0 bridgehead atoms. The number of nitrogens with one attached hydrogen (secondary N) is 1. The van der Waals surface area contributed by atoms with Crippen molar-refractivity contribution in [1.29, 1.82) is 0 Å². The Morgan fingerprint density at radius 2 is 1.71 bits per heavy atom. The Bertz CT molecular complexity index is 252. The zero-order valence-corrected chi connectivity index (χ0v) is 10.2. The molecule has 0 atom stereocenters. The number of rotatable bonds is 6. The first-order chi connectivity index (χ1) is 6.23. The van der Waals surface area contributed by atoms with Crippen LogP contribution in [0.1, 0.15) is 27.7 Å². The Hall–Kier alpha value is -0.170. The summed E-state index contributed by atoms with van der Waals surface area (Å²) >= 11 is 0. The summed E-state index contributed by atoms with van der Waals surface area (Å²) in [6.45, 7) is 8.33. The summed E-state index contributed by atoms with van der Waals surface area (Å²) in [4.78, 5) is 0. The Balaban J connectivity index is 4.35. The van der Waals surface area contributed by atoms with Gasteiger partial charge in [0.15, 0.2) is 0 Å². The van der Waals surface area contributed by atoms with Crippen molar-refractivity contribution in [3.05, 3.63) is 0 Å². The SMILES string of the molecule is CCN(CC)S(=O)(=O)NCC(C)(C)N. The molecule has 0 aliphatic carbocycles. The van der Waals surface area contributed by atoms with Crippen molar-refractivity contribution in [3.63, 3.8) is 0 Å². The van der Waals surface area contributed by atoms with Crippen LogP contribution in [-0.2, 0) is 10.2 Å². The fourth-order valence-corrected chi connectivity index (χ4v) is 2.35.